The Labute approximate surface area is 83.4 Å². The molecule has 1 saturated carbocycles. The normalized spacial score (nSPS) is 25.9. The molecular formula is C9H17N3O2. The second-order valence-electron chi connectivity index (χ2n) is 3.85. The van der Waals surface area contributed by atoms with E-state index in [0.717, 1.165) is 19.3 Å². The molecule has 0 saturated heterocycles. The van der Waals surface area contributed by atoms with E-state index in [2.05, 4.69) is 10.7 Å². The van der Waals surface area contributed by atoms with Gasteiger partial charge in [0, 0.05) is 19.4 Å². The molecule has 5 nitrogen and oxygen atoms in total. The highest BCUT2D eigenvalue weighted by Gasteiger charge is 2.26. The van der Waals surface area contributed by atoms with Crippen LogP contribution in [-0.4, -0.2) is 17.9 Å². The molecule has 2 unspecified atom stereocenters. The van der Waals surface area contributed by atoms with Crippen molar-refractivity contribution in [3.63, 3.8) is 0 Å². The van der Waals surface area contributed by atoms with Crippen molar-refractivity contribution in [2.75, 3.05) is 0 Å². The largest absolute Gasteiger partial charge is 0.354 e. The van der Waals surface area contributed by atoms with Crippen LogP contribution in [0.15, 0.2) is 0 Å². The van der Waals surface area contributed by atoms with Gasteiger partial charge in [-0.2, -0.15) is 0 Å². The van der Waals surface area contributed by atoms with Gasteiger partial charge in [0.15, 0.2) is 0 Å². The molecule has 1 fully saturated rings. The fraction of sp³-hybridized carbons (Fsp3) is 0.778. The number of carbonyl (C=O) groups is 2. The van der Waals surface area contributed by atoms with Crippen LogP contribution in [0.1, 0.15) is 32.6 Å². The second kappa shape index (κ2) is 4.95. The number of amides is 2. The van der Waals surface area contributed by atoms with Gasteiger partial charge in [0.05, 0.1) is 0 Å². The van der Waals surface area contributed by atoms with E-state index in [4.69, 9.17) is 5.84 Å². The van der Waals surface area contributed by atoms with Gasteiger partial charge >= 0.3 is 0 Å². The molecule has 1 aliphatic carbocycles. The van der Waals surface area contributed by atoms with Gasteiger partial charge in [0.1, 0.15) is 0 Å². The number of rotatable bonds is 3. The quantitative estimate of drug-likeness (QED) is 0.330. The van der Waals surface area contributed by atoms with Gasteiger partial charge in [-0.3, -0.25) is 15.0 Å². The van der Waals surface area contributed by atoms with E-state index < -0.39 is 0 Å². The lowest BCUT2D eigenvalue weighted by atomic mass is 10.0. The van der Waals surface area contributed by atoms with E-state index in [1.807, 2.05) is 0 Å². The third-order valence-electron chi connectivity index (χ3n) is 2.58. The maximum atomic E-state index is 11.0. The summed E-state index contributed by atoms with van der Waals surface area (Å²) >= 11 is 0. The number of hydrazine groups is 1. The summed E-state index contributed by atoms with van der Waals surface area (Å²) in [6.45, 7) is 1.51. The lowest BCUT2D eigenvalue weighted by molar-refractivity contribution is -0.122. The Morgan fingerprint density at radius 1 is 1.43 bits per heavy atom. The third-order valence-corrected chi connectivity index (χ3v) is 2.58. The minimum Gasteiger partial charge on any atom is -0.354 e. The first kappa shape index (κ1) is 11.0. The highest BCUT2D eigenvalue weighted by atomic mass is 16.2. The molecule has 14 heavy (non-hydrogen) atoms. The Bertz CT molecular complexity index is 230. The minimum absolute atomic E-state index is 0.000994. The zero-order valence-corrected chi connectivity index (χ0v) is 8.38. The molecular weight excluding hydrogens is 182 g/mol. The highest BCUT2D eigenvalue weighted by molar-refractivity contribution is 5.75. The standard InChI is InChI=1S/C9H17N3O2/c1-6(13)11-8-3-2-7(4-8)5-9(14)12-10/h7-8H,2-5,10H2,1H3,(H,11,13)(H,12,14). The van der Waals surface area contributed by atoms with Crippen LogP contribution in [-0.2, 0) is 9.59 Å². The first-order chi connectivity index (χ1) is 6.61. The Morgan fingerprint density at radius 3 is 2.71 bits per heavy atom. The summed E-state index contributed by atoms with van der Waals surface area (Å²) < 4.78 is 0. The number of nitrogens with two attached hydrogens (primary N) is 1. The van der Waals surface area contributed by atoms with Crippen LogP contribution in [0.5, 0.6) is 0 Å². The summed E-state index contributed by atoms with van der Waals surface area (Å²) in [6.07, 6.45) is 3.29. The van der Waals surface area contributed by atoms with E-state index >= 15 is 0 Å². The van der Waals surface area contributed by atoms with Crippen LogP contribution in [0.3, 0.4) is 0 Å². The number of hydrogen-bond acceptors (Lipinski definition) is 3. The fourth-order valence-electron chi connectivity index (χ4n) is 2.00. The molecule has 0 spiro atoms. The topological polar surface area (TPSA) is 84.2 Å². The van der Waals surface area contributed by atoms with Gasteiger partial charge in [0.25, 0.3) is 0 Å². The number of nitrogens with one attached hydrogen (secondary N) is 2. The summed E-state index contributed by atoms with van der Waals surface area (Å²) in [7, 11) is 0. The van der Waals surface area contributed by atoms with Crippen LogP contribution in [0.4, 0.5) is 0 Å². The van der Waals surface area contributed by atoms with E-state index in [-0.39, 0.29) is 17.9 Å². The monoisotopic (exact) mass is 199 g/mol. The van der Waals surface area contributed by atoms with Crippen molar-refractivity contribution in [1.29, 1.82) is 0 Å². The smallest absolute Gasteiger partial charge is 0.234 e. The molecule has 4 N–H and O–H groups in total. The molecule has 1 aliphatic rings. The van der Waals surface area contributed by atoms with Crippen molar-refractivity contribution < 1.29 is 9.59 Å². The summed E-state index contributed by atoms with van der Waals surface area (Å²) in [5.74, 6) is 5.23. The maximum Gasteiger partial charge on any atom is 0.234 e. The van der Waals surface area contributed by atoms with Crippen molar-refractivity contribution in [2.24, 2.45) is 11.8 Å². The first-order valence-corrected chi connectivity index (χ1v) is 4.88. The van der Waals surface area contributed by atoms with Crippen molar-refractivity contribution in [3.05, 3.63) is 0 Å². The van der Waals surface area contributed by atoms with Crippen LogP contribution in [0.2, 0.25) is 0 Å². The van der Waals surface area contributed by atoms with Gasteiger partial charge in [-0.25, -0.2) is 5.84 Å². The molecule has 0 aromatic carbocycles. The SMILES string of the molecule is CC(=O)NC1CCC(CC(=O)NN)C1. The molecule has 5 heteroatoms. The number of carbonyl (C=O) groups excluding carboxylic acids is 2. The minimum atomic E-state index is -0.126. The van der Waals surface area contributed by atoms with Crippen molar-refractivity contribution in [1.82, 2.24) is 10.7 Å². The van der Waals surface area contributed by atoms with Crippen LogP contribution in [0, 0.1) is 5.92 Å². The number of hydrogen-bond donors (Lipinski definition) is 3. The molecule has 0 aliphatic heterocycles. The third kappa shape index (κ3) is 3.33. The van der Waals surface area contributed by atoms with Gasteiger partial charge in [0.2, 0.25) is 11.8 Å². The van der Waals surface area contributed by atoms with E-state index in [1.54, 1.807) is 0 Å². The summed E-state index contributed by atoms with van der Waals surface area (Å²) in [6, 6.07) is 0.239. The second-order valence-corrected chi connectivity index (χ2v) is 3.85. The van der Waals surface area contributed by atoms with Crippen LogP contribution >= 0.6 is 0 Å². The first-order valence-electron chi connectivity index (χ1n) is 4.88. The molecule has 0 bridgehead atoms. The predicted molar refractivity (Wildman–Crippen MR) is 51.9 cm³/mol. The average molecular weight is 199 g/mol. The molecule has 0 radical (unpaired) electrons. The van der Waals surface area contributed by atoms with Crippen molar-refractivity contribution in [2.45, 2.75) is 38.6 Å². The fourth-order valence-corrected chi connectivity index (χ4v) is 2.00. The van der Waals surface area contributed by atoms with E-state index in [9.17, 15) is 9.59 Å². The van der Waals surface area contributed by atoms with E-state index in [0.29, 0.717) is 12.3 Å². The zero-order chi connectivity index (χ0) is 10.6. The molecule has 0 heterocycles. The van der Waals surface area contributed by atoms with Crippen molar-refractivity contribution in [3.8, 4) is 0 Å². The lowest BCUT2D eigenvalue weighted by Gasteiger charge is -2.11. The van der Waals surface area contributed by atoms with Gasteiger partial charge in [-0.1, -0.05) is 0 Å². The predicted octanol–water partition coefficient (Wildman–Crippen LogP) is -0.329. The Balaban J connectivity index is 2.27. The summed E-state index contributed by atoms with van der Waals surface area (Å²) in [5.41, 5.74) is 2.12. The molecule has 2 atom stereocenters. The van der Waals surface area contributed by atoms with Gasteiger partial charge in [-0.15, -0.1) is 0 Å². The van der Waals surface area contributed by atoms with Crippen LogP contribution in [0.25, 0.3) is 0 Å². The summed E-state index contributed by atoms with van der Waals surface area (Å²) in [5, 5.41) is 2.86. The highest BCUT2D eigenvalue weighted by Crippen LogP contribution is 2.27. The van der Waals surface area contributed by atoms with Gasteiger partial charge < -0.3 is 5.32 Å². The van der Waals surface area contributed by atoms with Crippen molar-refractivity contribution >= 4 is 11.8 Å². The average Bonchev–Trinajstić information content (AvgIpc) is 2.51. The Hall–Kier alpha value is -1.10. The molecule has 0 aromatic rings. The maximum absolute atomic E-state index is 11.0. The zero-order valence-electron chi connectivity index (χ0n) is 8.38. The molecule has 0 aromatic heterocycles. The summed E-state index contributed by atoms with van der Waals surface area (Å²) in [4.78, 5) is 21.7. The van der Waals surface area contributed by atoms with E-state index in [1.165, 1.54) is 6.92 Å². The molecule has 2 amide bonds. The molecule has 80 valence electrons. The van der Waals surface area contributed by atoms with Crippen LogP contribution < -0.4 is 16.6 Å². The lowest BCUT2D eigenvalue weighted by Crippen LogP contribution is -2.32. The Kier molecular flexibility index (Phi) is 3.88. The molecule has 1 rings (SSSR count). The van der Waals surface area contributed by atoms with Gasteiger partial charge in [-0.05, 0) is 25.2 Å². The Morgan fingerprint density at radius 2 is 2.14 bits per heavy atom.